The number of aromatic nitrogens is 1. The molecule has 0 radical (unpaired) electrons. The minimum Gasteiger partial charge on any atom is -0.451 e. The number of pyridine rings is 1. The predicted octanol–water partition coefficient (Wildman–Crippen LogP) is 4.14. The van der Waals surface area contributed by atoms with E-state index in [1.807, 2.05) is 42.5 Å². The first-order chi connectivity index (χ1) is 15.8. The molecule has 3 rings (SSSR count). The molecule has 172 valence electrons. The maximum absolute atomic E-state index is 12.8. The van der Waals surface area contributed by atoms with Crippen molar-refractivity contribution in [1.82, 2.24) is 10.3 Å². The van der Waals surface area contributed by atoms with Gasteiger partial charge in [-0.05, 0) is 41.3 Å². The van der Waals surface area contributed by atoms with Crippen LogP contribution in [-0.2, 0) is 25.5 Å². The van der Waals surface area contributed by atoms with Crippen molar-refractivity contribution in [2.45, 2.75) is 39.3 Å². The number of amides is 2. The van der Waals surface area contributed by atoms with Gasteiger partial charge in [0.1, 0.15) is 6.04 Å². The fourth-order valence-corrected chi connectivity index (χ4v) is 3.52. The van der Waals surface area contributed by atoms with Crippen molar-refractivity contribution in [2.24, 2.45) is 5.92 Å². The molecule has 2 N–H and O–H groups in total. The maximum Gasteiger partial charge on any atom is 0.329 e. The van der Waals surface area contributed by atoms with Crippen LogP contribution in [0.4, 0.5) is 5.69 Å². The van der Waals surface area contributed by atoms with Crippen LogP contribution in [0.25, 0.3) is 10.8 Å². The maximum atomic E-state index is 12.8. The van der Waals surface area contributed by atoms with Gasteiger partial charge in [0.05, 0.1) is 12.1 Å². The van der Waals surface area contributed by atoms with E-state index < -0.39 is 24.0 Å². The zero-order chi connectivity index (χ0) is 24.0. The van der Waals surface area contributed by atoms with E-state index in [4.69, 9.17) is 16.3 Å². The molecule has 2 amide bonds. The monoisotopic (exact) mass is 467 g/mol. The Bertz CT molecular complexity index is 1160. The van der Waals surface area contributed by atoms with Crippen molar-refractivity contribution in [3.05, 3.63) is 71.5 Å². The van der Waals surface area contributed by atoms with Crippen LogP contribution in [0.5, 0.6) is 0 Å². The Labute approximate surface area is 197 Å². The van der Waals surface area contributed by atoms with Crippen LogP contribution in [0.3, 0.4) is 0 Å². The minimum absolute atomic E-state index is 0.118. The van der Waals surface area contributed by atoms with Crippen molar-refractivity contribution in [2.75, 3.05) is 5.32 Å². The largest absolute Gasteiger partial charge is 0.451 e. The number of hydrogen-bond donors (Lipinski definition) is 2. The molecule has 0 bridgehead atoms. The first-order valence-corrected chi connectivity index (χ1v) is 11.0. The van der Waals surface area contributed by atoms with E-state index in [1.165, 1.54) is 13.1 Å². The summed E-state index contributed by atoms with van der Waals surface area (Å²) in [4.78, 5) is 41.8. The molecule has 0 aliphatic rings. The second-order valence-corrected chi connectivity index (χ2v) is 8.37. The summed E-state index contributed by atoms with van der Waals surface area (Å²) >= 11 is 5.95. The van der Waals surface area contributed by atoms with Crippen molar-refractivity contribution in [3.8, 4) is 0 Å². The number of carbonyl (C=O) groups excluding carboxylic acids is 3. The number of anilines is 1. The quantitative estimate of drug-likeness (QED) is 0.383. The lowest BCUT2D eigenvalue weighted by Crippen LogP contribution is -2.47. The highest BCUT2D eigenvalue weighted by Crippen LogP contribution is 2.20. The number of benzene rings is 2. The van der Waals surface area contributed by atoms with Crippen LogP contribution >= 0.6 is 11.6 Å². The average Bonchev–Trinajstić information content (AvgIpc) is 2.79. The van der Waals surface area contributed by atoms with Crippen molar-refractivity contribution in [1.29, 1.82) is 0 Å². The number of halogens is 1. The van der Waals surface area contributed by atoms with E-state index >= 15 is 0 Å². The fraction of sp³-hybridized carbons (Fsp3) is 0.280. The van der Waals surface area contributed by atoms with Crippen LogP contribution in [0, 0.1) is 5.92 Å². The number of fused-ring (bicyclic) bond motifs is 1. The molecule has 0 saturated carbocycles. The number of esters is 1. The van der Waals surface area contributed by atoms with Crippen molar-refractivity contribution < 1.29 is 19.1 Å². The summed E-state index contributed by atoms with van der Waals surface area (Å²) < 4.78 is 5.34. The third-order valence-corrected chi connectivity index (χ3v) is 5.45. The molecule has 2 atom stereocenters. The number of nitrogens with one attached hydrogen (secondary N) is 2. The average molecular weight is 468 g/mol. The lowest BCUT2D eigenvalue weighted by Gasteiger charge is -2.23. The van der Waals surface area contributed by atoms with Crippen molar-refractivity contribution in [3.63, 3.8) is 0 Å². The summed E-state index contributed by atoms with van der Waals surface area (Å²) in [5.41, 5.74) is 1.18. The van der Waals surface area contributed by atoms with Crippen LogP contribution < -0.4 is 10.6 Å². The topological polar surface area (TPSA) is 97.4 Å². The number of hydrogen-bond acceptors (Lipinski definition) is 5. The van der Waals surface area contributed by atoms with E-state index in [9.17, 15) is 14.4 Å². The van der Waals surface area contributed by atoms with Crippen LogP contribution in [0.2, 0.25) is 5.15 Å². The normalized spacial score (nSPS) is 12.8. The van der Waals surface area contributed by atoms with Gasteiger partial charge in [0.25, 0.3) is 5.91 Å². The van der Waals surface area contributed by atoms with Gasteiger partial charge in [0, 0.05) is 6.20 Å². The van der Waals surface area contributed by atoms with Crippen LogP contribution in [0.1, 0.15) is 26.3 Å². The molecule has 0 aliphatic heterocycles. The minimum atomic E-state index is -1.09. The summed E-state index contributed by atoms with van der Waals surface area (Å²) in [6.07, 6.45) is 0.521. The lowest BCUT2D eigenvalue weighted by atomic mass is 10.0. The Balaban J connectivity index is 1.63. The Morgan fingerprint density at radius 3 is 2.45 bits per heavy atom. The molecule has 8 heteroatoms. The third-order valence-electron chi connectivity index (χ3n) is 5.15. The van der Waals surface area contributed by atoms with Crippen LogP contribution in [-0.4, -0.2) is 34.9 Å². The zero-order valence-electron chi connectivity index (χ0n) is 18.7. The number of carbonyl (C=O) groups is 3. The van der Waals surface area contributed by atoms with Gasteiger partial charge in [-0.3, -0.25) is 9.59 Å². The summed E-state index contributed by atoms with van der Waals surface area (Å²) in [7, 11) is 0. The first kappa shape index (κ1) is 24.2. The zero-order valence-corrected chi connectivity index (χ0v) is 19.4. The molecule has 0 spiro atoms. The highest BCUT2D eigenvalue weighted by Gasteiger charge is 2.29. The first-order valence-electron chi connectivity index (χ1n) is 10.6. The summed E-state index contributed by atoms with van der Waals surface area (Å²) in [5.74, 6) is -1.78. The van der Waals surface area contributed by atoms with Crippen LogP contribution in [0.15, 0.2) is 60.8 Å². The smallest absolute Gasteiger partial charge is 0.329 e. The highest BCUT2D eigenvalue weighted by molar-refractivity contribution is 6.32. The standard InChI is InChI=1S/C25H26ClN3O4/c1-15(2)22(25(32)33-16(3)24(31)28-20-12-7-13-27-23(20)26)29-21(30)14-18-10-6-9-17-8-4-5-11-19(17)18/h4-13,15-16,22H,14H2,1-3H3,(H,28,31)(H,29,30)/t16-,22+/m0/s1. The molecule has 0 saturated heterocycles. The summed E-state index contributed by atoms with van der Waals surface area (Å²) in [6, 6.07) is 15.9. The lowest BCUT2D eigenvalue weighted by molar-refractivity contribution is -0.157. The number of rotatable bonds is 8. The van der Waals surface area contributed by atoms with Gasteiger partial charge in [-0.25, -0.2) is 9.78 Å². The molecule has 0 unspecified atom stereocenters. The predicted molar refractivity (Wildman–Crippen MR) is 128 cm³/mol. The van der Waals surface area contributed by atoms with Gasteiger partial charge in [-0.2, -0.15) is 0 Å². The van der Waals surface area contributed by atoms with E-state index in [-0.39, 0.29) is 23.4 Å². The molecule has 3 aromatic rings. The van der Waals surface area contributed by atoms with E-state index in [2.05, 4.69) is 15.6 Å². The van der Waals surface area contributed by atoms with Gasteiger partial charge < -0.3 is 15.4 Å². The second kappa shape index (κ2) is 10.9. The van der Waals surface area contributed by atoms with Gasteiger partial charge in [0.15, 0.2) is 11.3 Å². The second-order valence-electron chi connectivity index (χ2n) is 8.01. The number of nitrogens with zero attached hydrogens (tertiary/aromatic N) is 1. The van der Waals surface area contributed by atoms with E-state index in [0.717, 1.165) is 16.3 Å². The molecule has 1 heterocycles. The molecule has 0 fully saturated rings. The Kier molecular flexibility index (Phi) is 8.01. The fourth-order valence-electron chi connectivity index (χ4n) is 3.36. The van der Waals surface area contributed by atoms with Gasteiger partial charge in [0.2, 0.25) is 5.91 Å². The molecular weight excluding hydrogens is 442 g/mol. The summed E-state index contributed by atoms with van der Waals surface area (Å²) in [5, 5.41) is 7.48. The number of ether oxygens (including phenoxy) is 1. The Morgan fingerprint density at radius 2 is 1.73 bits per heavy atom. The van der Waals surface area contributed by atoms with E-state index in [1.54, 1.807) is 26.0 Å². The van der Waals surface area contributed by atoms with Gasteiger partial charge in [-0.1, -0.05) is 67.9 Å². The molecule has 1 aromatic heterocycles. The molecule has 7 nitrogen and oxygen atoms in total. The molecule has 2 aromatic carbocycles. The van der Waals surface area contributed by atoms with Gasteiger partial charge >= 0.3 is 5.97 Å². The SMILES string of the molecule is CC(C)[C@@H](NC(=O)Cc1cccc2ccccc12)C(=O)O[C@@H](C)C(=O)Nc1cccnc1Cl. The third kappa shape index (κ3) is 6.29. The molecular formula is C25H26ClN3O4. The Hall–Kier alpha value is -3.45. The van der Waals surface area contributed by atoms with E-state index in [0.29, 0.717) is 5.69 Å². The van der Waals surface area contributed by atoms with Gasteiger partial charge in [-0.15, -0.1) is 0 Å². The molecule has 33 heavy (non-hydrogen) atoms. The highest BCUT2D eigenvalue weighted by atomic mass is 35.5. The summed E-state index contributed by atoms with van der Waals surface area (Å²) in [6.45, 7) is 5.04. The molecule has 0 aliphatic carbocycles. The Morgan fingerprint density at radius 1 is 1.00 bits per heavy atom. The van der Waals surface area contributed by atoms with Crippen molar-refractivity contribution >= 4 is 45.8 Å².